The molecular formula is C14H16FN3O2S. The zero-order chi connectivity index (χ0) is 15.1. The zero-order valence-electron chi connectivity index (χ0n) is 11.6. The number of halogens is 1. The molecule has 1 heterocycles. The Labute approximate surface area is 126 Å². The van der Waals surface area contributed by atoms with E-state index in [0.29, 0.717) is 41.7 Å². The number of H-pyrrole nitrogens is 1. The number of benzene rings is 1. The van der Waals surface area contributed by atoms with Crippen LogP contribution in [-0.2, 0) is 9.53 Å². The highest BCUT2D eigenvalue weighted by molar-refractivity contribution is 7.99. The minimum Gasteiger partial charge on any atom is -0.466 e. The van der Waals surface area contributed by atoms with Crippen LogP contribution in [0.15, 0.2) is 29.4 Å². The number of hydrogen-bond donors (Lipinski definition) is 1. The quantitative estimate of drug-likeness (QED) is 0.484. The standard InChI is InChI=1S/C14H16FN3O2S/c1-2-20-12(19)8-5-9-21-14-16-13(17-18-14)10-6-3-4-7-11(10)15/h3-4,6-7H,2,5,8-9H2,1H3,(H,16,17,18). The second-order valence-corrected chi connectivity index (χ2v) is 5.27. The van der Waals surface area contributed by atoms with Crippen molar-refractivity contribution in [3.8, 4) is 11.4 Å². The normalized spacial score (nSPS) is 10.6. The predicted molar refractivity (Wildman–Crippen MR) is 78.4 cm³/mol. The Balaban J connectivity index is 1.84. The van der Waals surface area contributed by atoms with Crippen molar-refractivity contribution >= 4 is 17.7 Å². The number of carbonyl (C=O) groups excluding carboxylic acids is 1. The molecule has 112 valence electrons. The zero-order valence-corrected chi connectivity index (χ0v) is 12.5. The number of carbonyl (C=O) groups is 1. The Morgan fingerprint density at radius 2 is 2.24 bits per heavy atom. The first-order chi connectivity index (χ1) is 10.2. The van der Waals surface area contributed by atoms with Crippen LogP contribution in [0.1, 0.15) is 19.8 Å². The number of thioether (sulfide) groups is 1. The highest BCUT2D eigenvalue weighted by atomic mass is 32.2. The van der Waals surface area contributed by atoms with Crippen molar-refractivity contribution in [2.24, 2.45) is 0 Å². The summed E-state index contributed by atoms with van der Waals surface area (Å²) in [6.45, 7) is 2.18. The number of nitrogens with one attached hydrogen (secondary N) is 1. The average Bonchev–Trinajstić information content (AvgIpc) is 2.93. The molecule has 0 fully saturated rings. The number of aromatic amines is 1. The summed E-state index contributed by atoms with van der Waals surface area (Å²) in [5, 5.41) is 7.29. The number of hydrogen-bond acceptors (Lipinski definition) is 5. The maximum atomic E-state index is 13.6. The molecule has 2 rings (SSSR count). The van der Waals surface area contributed by atoms with Gasteiger partial charge in [0.05, 0.1) is 12.2 Å². The van der Waals surface area contributed by atoms with Gasteiger partial charge in [0.2, 0.25) is 5.16 Å². The molecule has 21 heavy (non-hydrogen) atoms. The van der Waals surface area contributed by atoms with Gasteiger partial charge in [-0.25, -0.2) is 9.37 Å². The molecule has 0 aliphatic carbocycles. The summed E-state index contributed by atoms with van der Waals surface area (Å²) in [4.78, 5) is 15.4. The smallest absolute Gasteiger partial charge is 0.305 e. The lowest BCUT2D eigenvalue weighted by molar-refractivity contribution is -0.143. The average molecular weight is 309 g/mol. The third kappa shape index (κ3) is 4.56. The third-order valence-corrected chi connectivity index (χ3v) is 3.59. The molecule has 2 aromatic rings. The summed E-state index contributed by atoms with van der Waals surface area (Å²) in [7, 11) is 0. The van der Waals surface area contributed by atoms with E-state index >= 15 is 0 Å². The largest absolute Gasteiger partial charge is 0.466 e. The number of aromatic nitrogens is 3. The second kappa shape index (κ2) is 7.78. The van der Waals surface area contributed by atoms with E-state index in [-0.39, 0.29) is 11.8 Å². The van der Waals surface area contributed by atoms with Crippen LogP contribution in [0.25, 0.3) is 11.4 Å². The van der Waals surface area contributed by atoms with Gasteiger partial charge in [0.25, 0.3) is 0 Å². The molecule has 0 aliphatic rings. The Hall–Kier alpha value is -1.89. The molecule has 0 saturated carbocycles. The monoisotopic (exact) mass is 309 g/mol. The molecule has 0 spiro atoms. The maximum absolute atomic E-state index is 13.6. The van der Waals surface area contributed by atoms with Crippen molar-refractivity contribution in [3.05, 3.63) is 30.1 Å². The van der Waals surface area contributed by atoms with Crippen LogP contribution in [0.4, 0.5) is 4.39 Å². The molecule has 0 amide bonds. The van der Waals surface area contributed by atoms with Crippen LogP contribution in [0.5, 0.6) is 0 Å². The summed E-state index contributed by atoms with van der Waals surface area (Å²) in [5.41, 5.74) is 0.392. The molecule has 5 nitrogen and oxygen atoms in total. The summed E-state index contributed by atoms with van der Waals surface area (Å²) < 4.78 is 18.4. The van der Waals surface area contributed by atoms with E-state index in [1.807, 2.05) is 0 Å². The van der Waals surface area contributed by atoms with Gasteiger partial charge in [-0.15, -0.1) is 5.10 Å². The maximum Gasteiger partial charge on any atom is 0.305 e. The number of rotatable bonds is 7. The van der Waals surface area contributed by atoms with Crippen molar-refractivity contribution in [1.82, 2.24) is 15.2 Å². The highest BCUT2D eigenvalue weighted by Gasteiger charge is 2.10. The van der Waals surface area contributed by atoms with Gasteiger partial charge in [-0.05, 0) is 25.5 Å². The lowest BCUT2D eigenvalue weighted by Gasteiger charge is -2.00. The molecule has 0 bridgehead atoms. The summed E-state index contributed by atoms with van der Waals surface area (Å²) in [6, 6.07) is 6.39. The minimum absolute atomic E-state index is 0.194. The molecule has 0 atom stereocenters. The SMILES string of the molecule is CCOC(=O)CCCSc1n[nH]c(-c2ccccc2F)n1. The molecular weight excluding hydrogens is 293 g/mol. The van der Waals surface area contributed by atoms with Gasteiger partial charge in [-0.1, -0.05) is 23.9 Å². The first kappa shape index (κ1) is 15.5. The van der Waals surface area contributed by atoms with Crippen molar-refractivity contribution in [2.75, 3.05) is 12.4 Å². The Morgan fingerprint density at radius 3 is 3.00 bits per heavy atom. The first-order valence-corrected chi connectivity index (χ1v) is 7.65. The lowest BCUT2D eigenvalue weighted by Crippen LogP contribution is -2.03. The molecule has 0 unspecified atom stereocenters. The van der Waals surface area contributed by atoms with Crippen LogP contribution < -0.4 is 0 Å². The van der Waals surface area contributed by atoms with Crippen LogP contribution in [-0.4, -0.2) is 33.5 Å². The number of nitrogens with zero attached hydrogens (tertiary/aromatic N) is 2. The van der Waals surface area contributed by atoms with E-state index in [1.54, 1.807) is 25.1 Å². The minimum atomic E-state index is -0.340. The summed E-state index contributed by atoms with van der Waals surface area (Å²) >= 11 is 1.42. The molecule has 0 saturated heterocycles. The summed E-state index contributed by atoms with van der Waals surface area (Å²) in [5.74, 6) is 0.571. The molecule has 7 heteroatoms. The fourth-order valence-electron chi connectivity index (χ4n) is 1.70. The first-order valence-electron chi connectivity index (χ1n) is 6.66. The lowest BCUT2D eigenvalue weighted by atomic mass is 10.2. The molecule has 0 aliphatic heterocycles. The van der Waals surface area contributed by atoms with E-state index in [2.05, 4.69) is 15.2 Å². The van der Waals surface area contributed by atoms with E-state index in [1.165, 1.54) is 17.8 Å². The van der Waals surface area contributed by atoms with Crippen LogP contribution >= 0.6 is 11.8 Å². The van der Waals surface area contributed by atoms with Gasteiger partial charge in [-0.2, -0.15) is 0 Å². The van der Waals surface area contributed by atoms with Crippen LogP contribution in [0.2, 0.25) is 0 Å². The molecule has 1 N–H and O–H groups in total. The van der Waals surface area contributed by atoms with Gasteiger partial charge in [0, 0.05) is 12.2 Å². The summed E-state index contributed by atoms with van der Waals surface area (Å²) in [6.07, 6.45) is 1.07. The number of ether oxygens (including phenoxy) is 1. The molecule has 0 radical (unpaired) electrons. The predicted octanol–water partition coefficient (Wildman–Crippen LogP) is 3.05. The Bertz CT molecular complexity index is 603. The van der Waals surface area contributed by atoms with Gasteiger partial charge in [0.1, 0.15) is 5.82 Å². The van der Waals surface area contributed by atoms with E-state index in [9.17, 15) is 9.18 Å². The molecule has 1 aromatic carbocycles. The van der Waals surface area contributed by atoms with Gasteiger partial charge < -0.3 is 4.74 Å². The molecule has 1 aromatic heterocycles. The highest BCUT2D eigenvalue weighted by Crippen LogP contribution is 2.22. The fourth-order valence-corrected chi connectivity index (χ4v) is 2.44. The van der Waals surface area contributed by atoms with Crippen molar-refractivity contribution in [3.63, 3.8) is 0 Å². The topological polar surface area (TPSA) is 67.9 Å². The Kier molecular flexibility index (Phi) is 5.74. The third-order valence-electron chi connectivity index (χ3n) is 2.66. The van der Waals surface area contributed by atoms with Crippen molar-refractivity contribution in [1.29, 1.82) is 0 Å². The van der Waals surface area contributed by atoms with Crippen LogP contribution in [0.3, 0.4) is 0 Å². The van der Waals surface area contributed by atoms with Crippen LogP contribution in [0, 0.1) is 5.82 Å². The fraction of sp³-hybridized carbons (Fsp3) is 0.357. The number of esters is 1. The van der Waals surface area contributed by atoms with Gasteiger partial charge in [0.15, 0.2) is 5.82 Å². The van der Waals surface area contributed by atoms with Gasteiger partial charge >= 0.3 is 5.97 Å². The Morgan fingerprint density at radius 1 is 1.43 bits per heavy atom. The second-order valence-electron chi connectivity index (χ2n) is 4.20. The van der Waals surface area contributed by atoms with E-state index < -0.39 is 0 Å². The van der Waals surface area contributed by atoms with E-state index in [4.69, 9.17) is 4.74 Å². The van der Waals surface area contributed by atoms with Crippen molar-refractivity contribution in [2.45, 2.75) is 24.9 Å². The van der Waals surface area contributed by atoms with Crippen molar-refractivity contribution < 1.29 is 13.9 Å². The van der Waals surface area contributed by atoms with Gasteiger partial charge in [-0.3, -0.25) is 9.89 Å². The van der Waals surface area contributed by atoms with E-state index in [0.717, 1.165) is 0 Å².